The molecule has 192 valence electrons. The summed E-state index contributed by atoms with van der Waals surface area (Å²) in [5.74, 6) is -0.760. The monoisotopic (exact) mass is 539 g/mol. The van der Waals surface area contributed by atoms with E-state index in [1.54, 1.807) is 17.0 Å². The number of halogens is 1. The summed E-state index contributed by atoms with van der Waals surface area (Å²) in [7, 11) is -3.90. The van der Waals surface area contributed by atoms with Crippen molar-refractivity contribution in [3.8, 4) is 0 Å². The smallest absolute Gasteiger partial charge is 0.261 e. The van der Waals surface area contributed by atoms with E-state index in [9.17, 15) is 17.6 Å². The van der Waals surface area contributed by atoms with Crippen molar-refractivity contribution in [3.63, 3.8) is 0 Å². The van der Waals surface area contributed by atoms with Crippen LogP contribution in [0.4, 0.5) is 15.2 Å². The minimum Gasteiger partial charge on any atom is -0.376 e. The number of fused-ring (bicyclic) bond motifs is 1. The fourth-order valence-corrected chi connectivity index (χ4v) is 6.47. The lowest BCUT2D eigenvalue weighted by Gasteiger charge is -2.23. The molecule has 1 aliphatic rings. The molecule has 10 heteroatoms. The number of aryl methyl sites for hydroxylation is 2. The molecule has 0 saturated carbocycles. The molecule has 1 fully saturated rings. The second-order valence-electron chi connectivity index (χ2n) is 9.11. The molecule has 1 unspecified atom stereocenters. The van der Waals surface area contributed by atoms with Gasteiger partial charge in [-0.25, -0.2) is 17.8 Å². The lowest BCUT2D eigenvalue weighted by molar-refractivity contribution is 0.0917. The zero-order chi connectivity index (χ0) is 26.2. The van der Waals surface area contributed by atoms with Gasteiger partial charge in [0.2, 0.25) is 0 Å². The first-order chi connectivity index (χ1) is 17.7. The number of nitrogens with zero attached hydrogens (tertiary/aromatic N) is 2. The van der Waals surface area contributed by atoms with Crippen LogP contribution in [-0.4, -0.2) is 38.6 Å². The summed E-state index contributed by atoms with van der Waals surface area (Å²) in [4.78, 5) is 20.1. The van der Waals surface area contributed by atoms with Gasteiger partial charge in [-0.15, -0.1) is 0 Å². The van der Waals surface area contributed by atoms with Gasteiger partial charge in [-0.05, 0) is 92.4 Å². The number of aromatic nitrogens is 1. The second-order valence-corrected chi connectivity index (χ2v) is 11.8. The van der Waals surface area contributed by atoms with Gasteiger partial charge in [0.05, 0.1) is 27.8 Å². The van der Waals surface area contributed by atoms with Gasteiger partial charge in [0, 0.05) is 17.9 Å². The predicted octanol–water partition coefficient (Wildman–Crippen LogP) is 5.68. The Bertz CT molecular complexity index is 1550. The quantitative estimate of drug-likeness (QED) is 0.327. The van der Waals surface area contributed by atoms with Gasteiger partial charge >= 0.3 is 0 Å². The third-order valence-corrected chi connectivity index (χ3v) is 8.83. The first kappa shape index (κ1) is 25.3. The van der Waals surface area contributed by atoms with E-state index in [1.165, 1.54) is 35.6 Å². The zero-order valence-corrected chi connectivity index (χ0v) is 22.0. The average Bonchev–Trinajstić information content (AvgIpc) is 3.53. The van der Waals surface area contributed by atoms with Gasteiger partial charge in [-0.1, -0.05) is 17.4 Å². The predicted molar refractivity (Wildman–Crippen MR) is 143 cm³/mol. The Morgan fingerprint density at radius 1 is 1.14 bits per heavy atom. The molecule has 1 aliphatic heterocycles. The SMILES string of the molecule is Cc1cc(C)c2sc(N(CC3CCCO3)C(=O)c3ccc(NS(=O)(=O)c4ccc(F)cc4)cc3)nc2c1. The number of carbonyl (C=O) groups is 1. The molecular weight excluding hydrogens is 513 g/mol. The lowest BCUT2D eigenvalue weighted by atomic mass is 10.1. The molecule has 1 atom stereocenters. The number of benzene rings is 3. The van der Waals surface area contributed by atoms with Gasteiger partial charge in [-0.2, -0.15) is 0 Å². The van der Waals surface area contributed by atoms with E-state index in [-0.39, 0.29) is 22.6 Å². The Morgan fingerprint density at radius 3 is 2.54 bits per heavy atom. The second kappa shape index (κ2) is 10.2. The number of carbonyl (C=O) groups excluding carboxylic acids is 1. The average molecular weight is 540 g/mol. The van der Waals surface area contributed by atoms with Crippen molar-refractivity contribution in [2.24, 2.45) is 0 Å². The van der Waals surface area contributed by atoms with E-state index in [0.29, 0.717) is 23.8 Å². The summed E-state index contributed by atoms with van der Waals surface area (Å²) in [5.41, 5.74) is 3.76. The molecule has 4 aromatic rings. The Hall–Kier alpha value is -3.34. The molecule has 1 N–H and O–H groups in total. The number of amides is 1. The summed E-state index contributed by atoms with van der Waals surface area (Å²) < 4.78 is 47.7. The molecular formula is C27H26FN3O4S2. The zero-order valence-electron chi connectivity index (χ0n) is 20.4. The van der Waals surface area contributed by atoms with Crippen LogP contribution in [0.2, 0.25) is 0 Å². The molecule has 0 radical (unpaired) electrons. The summed E-state index contributed by atoms with van der Waals surface area (Å²) in [6, 6.07) is 14.9. The lowest BCUT2D eigenvalue weighted by Crippen LogP contribution is -2.37. The van der Waals surface area contributed by atoms with Crippen molar-refractivity contribution in [1.29, 1.82) is 0 Å². The highest BCUT2D eigenvalue weighted by Gasteiger charge is 2.27. The normalized spacial score (nSPS) is 15.7. The molecule has 2 heterocycles. The Labute approximate surface area is 219 Å². The summed E-state index contributed by atoms with van der Waals surface area (Å²) >= 11 is 1.48. The largest absolute Gasteiger partial charge is 0.376 e. The van der Waals surface area contributed by atoms with Crippen molar-refractivity contribution in [2.45, 2.75) is 37.7 Å². The molecule has 5 rings (SSSR count). The fourth-order valence-electron chi connectivity index (χ4n) is 4.38. The molecule has 3 aromatic carbocycles. The van der Waals surface area contributed by atoms with E-state index in [0.717, 1.165) is 46.3 Å². The van der Waals surface area contributed by atoms with Gasteiger partial charge in [0.25, 0.3) is 15.9 Å². The number of nitrogens with one attached hydrogen (secondary N) is 1. The molecule has 1 aromatic heterocycles. The third kappa shape index (κ3) is 5.51. The number of rotatable bonds is 7. The maximum absolute atomic E-state index is 13.7. The molecule has 7 nitrogen and oxygen atoms in total. The topological polar surface area (TPSA) is 88.6 Å². The number of sulfonamides is 1. The number of hydrogen-bond donors (Lipinski definition) is 1. The van der Waals surface area contributed by atoms with Gasteiger partial charge in [0.1, 0.15) is 5.82 Å². The molecule has 0 bridgehead atoms. The van der Waals surface area contributed by atoms with Crippen LogP contribution in [-0.2, 0) is 14.8 Å². The van der Waals surface area contributed by atoms with Crippen LogP contribution >= 0.6 is 11.3 Å². The highest BCUT2D eigenvalue weighted by atomic mass is 32.2. The Balaban J connectivity index is 1.41. The highest BCUT2D eigenvalue weighted by molar-refractivity contribution is 7.92. The van der Waals surface area contributed by atoms with Crippen molar-refractivity contribution in [1.82, 2.24) is 4.98 Å². The van der Waals surface area contributed by atoms with Crippen molar-refractivity contribution in [2.75, 3.05) is 22.8 Å². The van der Waals surface area contributed by atoms with Crippen molar-refractivity contribution in [3.05, 3.63) is 83.2 Å². The van der Waals surface area contributed by atoms with Crippen LogP contribution in [0.1, 0.15) is 34.3 Å². The maximum Gasteiger partial charge on any atom is 0.261 e. The van der Waals surface area contributed by atoms with Crippen molar-refractivity contribution >= 4 is 48.3 Å². The molecule has 1 saturated heterocycles. The van der Waals surface area contributed by atoms with E-state index in [1.807, 2.05) is 19.9 Å². The van der Waals surface area contributed by atoms with E-state index >= 15 is 0 Å². The van der Waals surface area contributed by atoms with Crippen LogP contribution in [0.25, 0.3) is 10.2 Å². The summed E-state index contributed by atoms with van der Waals surface area (Å²) in [6.45, 7) is 5.12. The molecule has 0 aliphatic carbocycles. The van der Waals surface area contributed by atoms with E-state index < -0.39 is 15.8 Å². The number of ether oxygens (including phenoxy) is 1. The van der Waals surface area contributed by atoms with Crippen LogP contribution in [0.15, 0.2) is 65.6 Å². The van der Waals surface area contributed by atoms with Crippen LogP contribution in [0, 0.1) is 19.7 Å². The fraction of sp³-hybridized carbons (Fsp3) is 0.259. The van der Waals surface area contributed by atoms with E-state index in [4.69, 9.17) is 9.72 Å². The van der Waals surface area contributed by atoms with Gasteiger partial charge < -0.3 is 4.74 Å². The standard InChI is InChI=1S/C27H26FN3O4S2/c1-17-14-18(2)25-24(15-17)29-27(36-25)31(16-22-4-3-13-35-22)26(32)19-5-9-21(10-6-19)30-37(33,34)23-11-7-20(28)8-12-23/h5-12,14-15,22,30H,3-4,13,16H2,1-2H3. The summed E-state index contributed by atoms with van der Waals surface area (Å²) in [6.07, 6.45) is 1.76. The van der Waals surface area contributed by atoms with Gasteiger partial charge in [-0.3, -0.25) is 14.4 Å². The first-order valence-corrected chi connectivity index (χ1v) is 14.2. The van der Waals surface area contributed by atoms with E-state index in [2.05, 4.69) is 10.8 Å². The minimum atomic E-state index is -3.90. The van der Waals surface area contributed by atoms with Crippen LogP contribution < -0.4 is 9.62 Å². The summed E-state index contributed by atoms with van der Waals surface area (Å²) in [5, 5.41) is 0.602. The van der Waals surface area contributed by atoms with Gasteiger partial charge in [0.15, 0.2) is 5.13 Å². The minimum absolute atomic E-state index is 0.0573. The molecule has 1 amide bonds. The van der Waals surface area contributed by atoms with Crippen molar-refractivity contribution < 1.29 is 22.3 Å². The highest BCUT2D eigenvalue weighted by Crippen LogP contribution is 2.33. The maximum atomic E-state index is 13.7. The third-order valence-electron chi connectivity index (χ3n) is 6.20. The first-order valence-electron chi connectivity index (χ1n) is 11.9. The Morgan fingerprint density at radius 2 is 1.86 bits per heavy atom. The van der Waals surface area contributed by atoms with Crippen LogP contribution in [0.5, 0.6) is 0 Å². The van der Waals surface area contributed by atoms with Crippen LogP contribution in [0.3, 0.4) is 0 Å². The Kier molecular flexibility index (Phi) is 6.98. The molecule has 37 heavy (non-hydrogen) atoms. The number of anilines is 2. The number of hydrogen-bond acceptors (Lipinski definition) is 6. The number of thiazole rings is 1. The molecule has 0 spiro atoms.